The number of aliphatic hydroxyl groups excluding tert-OH is 1. The van der Waals surface area contributed by atoms with Gasteiger partial charge in [-0.15, -0.1) is 11.3 Å². The van der Waals surface area contributed by atoms with E-state index in [0.29, 0.717) is 11.3 Å². The van der Waals surface area contributed by atoms with E-state index in [4.69, 9.17) is 10.2 Å². The summed E-state index contributed by atoms with van der Waals surface area (Å²) in [6, 6.07) is 12.2. The van der Waals surface area contributed by atoms with E-state index in [9.17, 15) is 9.59 Å². The maximum atomic E-state index is 12.5. The van der Waals surface area contributed by atoms with Gasteiger partial charge in [0, 0.05) is 29.6 Å². The van der Waals surface area contributed by atoms with E-state index in [1.165, 1.54) is 16.9 Å². The standard InChI is InChI=1S/C24H31NO4S/c26-17-4-2-1-3-6-18-9-11-20(12-10-18)25-19(13-16-23(25)27)7-5-8-21-14-15-22(30-21)24(28)29/h9-12,14-15,19,26H,1-8,13,16-17H2,(H,28,29)/t19-/m1/s1. The first-order valence-corrected chi connectivity index (χ1v) is 11.7. The average molecular weight is 430 g/mol. The van der Waals surface area contributed by atoms with Gasteiger partial charge in [-0.2, -0.15) is 0 Å². The highest BCUT2D eigenvalue weighted by Gasteiger charge is 2.31. The predicted octanol–water partition coefficient (Wildman–Crippen LogP) is 5.06. The number of hydrogen-bond donors (Lipinski definition) is 2. The lowest BCUT2D eigenvalue weighted by Gasteiger charge is -2.25. The first-order valence-electron chi connectivity index (χ1n) is 10.9. The van der Waals surface area contributed by atoms with Crippen LogP contribution in [0.5, 0.6) is 0 Å². The minimum absolute atomic E-state index is 0.195. The number of carbonyl (C=O) groups excluding carboxylic acids is 1. The van der Waals surface area contributed by atoms with Crippen molar-refractivity contribution in [3.63, 3.8) is 0 Å². The first kappa shape index (κ1) is 22.5. The molecule has 0 unspecified atom stereocenters. The highest BCUT2D eigenvalue weighted by molar-refractivity contribution is 7.13. The van der Waals surface area contributed by atoms with E-state index in [2.05, 4.69) is 24.3 Å². The van der Waals surface area contributed by atoms with Crippen molar-refractivity contribution in [1.29, 1.82) is 0 Å². The maximum Gasteiger partial charge on any atom is 0.345 e. The molecule has 3 rings (SSSR count). The number of unbranched alkanes of at least 4 members (excludes halogenated alkanes) is 3. The molecule has 0 saturated carbocycles. The Kier molecular flexibility index (Phi) is 8.46. The van der Waals surface area contributed by atoms with Gasteiger partial charge >= 0.3 is 5.97 Å². The summed E-state index contributed by atoms with van der Waals surface area (Å²) in [7, 11) is 0. The lowest BCUT2D eigenvalue weighted by Crippen LogP contribution is -2.32. The number of aryl methyl sites for hydroxylation is 2. The van der Waals surface area contributed by atoms with Crippen molar-refractivity contribution in [3.8, 4) is 0 Å². The zero-order chi connectivity index (χ0) is 21.3. The Morgan fingerprint density at radius 2 is 1.77 bits per heavy atom. The van der Waals surface area contributed by atoms with Gasteiger partial charge in [-0.05, 0) is 74.8 Å². The molecule has 1 saturated heterocycles. The highest BCUT2D eigenvalue weighted by atomic mass is 32.1. The molecule has 1 aliphatic heterocycles. The molecule has 6 heteroatoms. The predicted molar refractivity (Wildman–Crippen MR) is 120 cm³/mol. The number of benzene rings is 1. The van der Waals surface area contributed by atoms with Gasteiger partial charge in [0.05, 0.1) is 0 Å². The number of nitrogens with zero attached hydrogens (tertiary/aromatic N) is 1. The summed E-state index contributed by atoms with van der Waals surface area (Å²) in [6.07, 6.45) is 9.44. The first-order chi connectivity index (χ1) is 14.6. The van der Waals surface area contributed by atoms with Crippen LogP contribution < -0.4 is 4.90 Å². The van der Waals surface area contributed by atoms with Gasteiger partial charge in [-0.25, -0.2) is 4.79 Å². The van der Waals surface area contributed by atoms with Crippen molar-refractivity contribution in [3.05, 3.63) is 51.7 Å². The molecule has 1 aromatic heterocycles. The van der Waals surface area contributed by atoms with Crippen molar-refractivity contribution in [2.45, 2.75) is 70.3 Å². The third kappa shape index (κ3) is 6.16. The molecule has 1 fully saturated rings. The Hall–Kier alpha value is -2.18. The van der Waals surface area contributed by atoms with Gasteiger partial charge < -0.3 is 15.1 Å². The number of aromatic carboxylic acids is 1. The van der Waals surface area contributed by atoms with E-state index in [1.807, 2.05) is 11.0 Å². The van der Waals surface area contributed by atoms with E-state index >= 15 is 0 Å². The lowest BCUT2D eigenvalue weighted by atomic mass is 10.0. The minimum Gasteiger partial charge on any atom is -0.477 e. The van der Waals surface area contributed by atoms with Crippen molar-refractivity contribution < 1.29 is 19.8 Å². The van der Waals surface area contributed by atoms with Crippen LogP contribution in [0.2, 0.25) is 0 Å². The summed E-state index contributed by atoms with van der Waals surface area (Å²) < 4.78 is 0. The van der Waals surface area contributed by atoms with Gasteiger partial charge in [0.15, 0.2) is 0 Å². The van der Waals surface area contributed by atoms with E-state index < -0.39 is 5.97 Å². The monoisotopic (exact) mass is 429 g/mol. The molecule has 5 nitrogen and oxygen atoms in total. The molecular formula is C24H31NO4S. The largest absolute Gasteiger partial charge is 0.477 e. The van der Waals surface area contributed by atoms with Crippen molar-refractivity contribution in [1.82, 2.24) is 0 Å². The highest BCUT2D eigenvalue weighted by Crippen LogP contribution is 2.30. The molecule has 1 atom stereocenters. The normalized spacial score (nSPS) is 16.4. The SMILES string of the molecule is O=C(O)c1ccc(CCC[C@@H]2CCC(=O)N2c2ccc(CCCCCCO)cc2)s1. The number of carboxylic acid groups (broad SMARTS) is 1. The van der Waals surface area contributed by atoms with Crippen LogP contribution in [0, 0.1) is 0 Å². The second-order valence-electron chi connectivity index (χ2n) is 7.97. The third-order valence-corrected chi connectivity index (χ3v) is 6.88. The van der Waals surface area contributed by atoms with Crippen molar-refractivity contribution >= 4 is 28.9 Å². The fourth-order valence-electron chi connectivity index (χ4n) is 4.13. The van der Waals surface area contributed by atoms with Crippen LogP contribution >= 0.6 is 11.3 Å². The maximum absolute atomic E-state index is 12.5. The topological polar surface area (TPSA) is 77.8 Å². The number of aliphatic hydroxyl groups is 1. The van der Waals surface area contributed by atoms with Crippen LogP contribution in [-0.2, 0) is 17.6 Å². The van der Waals surface area contributed by atoms with Crippen LogP contribution in [0.4, 0.5) is 5.69 Å². The number of carbonyl (C=O) groups is 2. The smallest absolute Gasteiger partial charge is 0.345 e. The number of amides is 1. The fourth-order valence-corrected chi connectivity index (χ4v) is 5.02. The van der Waals surface area contributed by atoms with Gasteiger partial charge in [-0.1, -0.05) is 25.0 Å². The second kappa shape index (κ2) is 11.3. The molecule has 0 spiro atoms. The summed E-state index contributed by atoms with van der Waals surface area (Å²) in [5.74, 6) is -0.673. The molecule has 30 heavy (non-hydrogen) atoms. The molecule has 0 bridgehead atoms. The summed E-state index contributed by atoms with van der Waals surface area (Å²) in [5, 5.41) is 17.9. The number of thiophene rings is 1. The molecule has 2 N–H and O–H groups in total. The Labute approximate surface area is 182 Å². The zero-order valence-corrected chi connectivity index (χ0v) is 18.2. The Balaban J connectivity index is 1.50. The van der Waals surface area contributed by atoms with E-state index in [0.717, 1.165) is 68.4 Å². The summed E-state index contributed by atoms with van der Waals surface area (Å²) in [4.78, 5) is 26.9. The Bertz CT molecular complexity index is 830. The molecule has 1 aromatic carbocycles. The molecule has 2 aromatic rings. The third-order valence-electron chi connectivity index (χ3n) is 5.75. The van der Waals surface area contributed by atoms with Crippen LogP contribution in [-0.4, -0.2) is 34.7 Å². The number of hydrogen-bond acceptors (Lipinski definition) is 4. The lowest BCUT2D eigenvalue weighted by molar-refractivity contribution is -0.117. The molecule has 2 heterocycles. The van der Waals surface area contributed by atoms with E-state index in [-0.39, 0.29) is 18.6 Å². The molecule has 0 radical (unpaired) electrons. The quantitative estimate of drug-likeness (QED) is 0.462. The molecule has 162 valence electrons. The van der Waals surface area contributed by atoms with Crippen LogP contribution in [0.15, 0.2) is 36.4 Å². The zero-order valence-electron chi connectivity index (χ0n) is 17.4. The summed E-state index contributed by atoms with van der Waals surface area (Å²) in [5.41, 5.74) is 2.27. The van der Waals surface area contributed by atoms with Crippen LogP contribution in [0.1, 0.15) is 71.5 Å². The van der Waals surface area contributed by atoms with E-state index in [1.54, 1.807) is 6.07 Å². The Morgan fingerprint density at radius 3 is 2.47 bits per heavy atom. The number of carboxylic acids is 1. The second-order valence-corrected chi connectivity index (χ2v) is 9.14. The van der Waals surface area contributed by atoms with Gasteiger partial charge in [0.2, 0.25) is 5.91 Å². The molecule has 1 amide bonds. The van der Waals surface area contributed by atoms with Gasteiger partial charge in [0.1, 0.15) is 4.88 Å². The van der Waals surface area contributed by atoms with Crippen LogP contribution in [0.25, 0.3) is 0 Å². The van der Waals surface area contributed by atoms with Gasteiger partial charge in [-0.3, -0.25) is 4.79 Å². The molecule has 0 aliphatic carbocycles. The average Bonchev–Trinajstić information content (AvgIpc) is 3.36. The van der Waals surface area contributed by atoms with Crippen molar-refractivity contribution in [2.24, 2.45) is 0 Å². The number of anilines is 1. The Morgan fingerprint density at radius 1 is 1.00 bits per heavy atom. The summed E-state index contributed by atoms with van der Waals surface area (Å²) in [6.45, 7) is 0.274. The molecular weight excluding hydrogens is 398 g/mol. The molecule has 1 aliphatic rings. The summed E-state index contributed by atoms with van der Waals surface area (Å²) >= 11 is 1.34. The fraction of sp³-hybridized carbons (Fsp3) is 0.500. The van der Waals surface area contributed by atoms with Gasteiger partial charge in [0.25, 0.3) is 0 Å². The number of rotatable bonds is 12. The van der Waals surface area contributed by atoms with Crippen LogP contribution in [0.3, 0.4) is 0 Å². The van der Waals surface area contributed by atoms with Crippen molar-refractivity contribution in [2.75, 3.05) is 11.5 Å². The minimum atomic E-state index is -0.868.